The Balaban J connectivity index is 0.675. The van der Waals surface area contributed by atoms with Gasteiger partial charge in [0.25, 0.3) is 11.8 Å². The first kappa shape index (κ1) is 42.3. The lowest BCUT2D eigenvalue weighted by molar-refractivity contribution is -0.138. The molecule has 6 aliphatic heterocycles. The van der Waals surface area contributed by atoms with Gasteiger partial charge in [-0.1, -0.05) is 0 Å². The largest absolute Gasteiger partial charge is 0.417 e. The highest BCUT2D eigenvalue weighted by atomic mass is 19.4. The van der Waals surface area contributed by atoms with Gasteiger partial charge in [-0.3, -0.25) is 39.1 Å². The third-order valence-corrected chi connectivity index (χ3v) is 13.6. The maximum atomic E-state index is 13.5. The van der Waals surface area contributed by atoms with Crippen molar-refractivity contribution < 1.29 is 37.1 Å². The molecule has 63 heavy (non-hydrogen) atoms. The van der Waals surface area contributed by atoms with Crippen LogP contribution in [-0.2, 0) is 20.6 Å². The van der Waals surface area contributed by atoms with Crippen molar-refractivity contribution in [3.05, 3.63) is 77.0 Å². The predicted octanol–water partition coefficient (Wildman–Crippen LogP) is 3.81. The lowest BCUT2D eigenvalue weighted by Gasteiger charge is -2.48. The lowest BCUT2D eigenvalue weighted by atomic mass is 9.95. The summed E-state index contributed by atoms with van der Waals surface area (Å²) in [4.78, 5) is 80.5. The molecule has 2 aromatic carbocycles. The number of aromatic nitrogens is 1. The van der Waals surface area contributed by atoms with E-state index in [1.54, 1.807) is 24.4 Å². The minimum absolute atomic E-state index is 0.0842. The smallest absolute Gasteiger partial charge is 0.371 e. The van der Waals surface area contributed by atoms with Gasteiger partial charge in [-0.2, -0.15) is 18.4 Å². The molecule has 18 heteroatoms. The van der Waals surface area contributed by atoms with E-state index in [2.05, 4.69) is 42.1 Å². The summed E-state index contributed by atoms with van der Waals surface area (Å²) in [7, 11) is 0. The highest BCUT2D eigenvalue weighted by Gasteiger charge is 2.45. The first-order valence-electron chi connectivity index (χ1n) is 21.7. The fourth-order valence-electron chi connectivity index (χ4n) is 9.99. The van der Waals surface area contributed by atoms with E-state index >= 15 is 0 Å². The van der Waals surface area contributed by atoms with E-state index in [-0.39, 0.29) is 30.2 Å². The van der Waals surface area contributed by atoms with Crippen LogP contribution >= 0.6 is 0 Å². The molecule has 2 atom stereocenters. The summed E-state index contributed by atoms with van der Waals surface area (Å²) in [6.45, 7) is 11.7. The van der Waals surface area contributed by atoms with Crippen LogP contribution in [0.5, 0.6) is 0 Å². The second kappa shape index (κ2) is 16.9. The van der Waals surface area contributed by atoms with E-state index in [1.807, 2.05) is 23.1 Å². The Labute approximate surface area is 362 Å². The molecule has 1 unspecified atom stereocenters. The molecule has 6 aliphatic rings. The van der Waals surface area contributed by atoms with Crippen LogP contribution in [0.25, 0.3) is 0 Å². The number of nitrogens with one attached hydrogen (secondary N) is 2. The van der Waals surface area contributed by atoms with Crippen molar-refractivity contribution in [3.63, 3.8) is 0 Å². The summed E-state index contributed by atoms with van der Waals surface area (Å²) in [6, 6.07) is 13.9. The number of carbonyl (C=O) groups excluding carboxylic acids is 5. The van der Waals surface area contributed by atoms with Crippen molar-refractivity contribution in [1.29, 1.82) is 5.26 Å². The van der Waals surface area contributed by atoms with Gasteiger partial charge < -0.3 is 24.9 Å². The first-order chi connectivity index (χ1) is 30.2. The molecule has 5 amide bonds. The highest BCUT2D eigenvalue weighted by molar-refractivity contribution is 6.23. The molecule has 7 heterocycles. The van der Waals surface area contributed by atoms with Gasteiger partial charge in [-0.05, 0) is 74.7 Å². The molecule has 2 N–H and O–H groups in total. The standard InChI is InChI=1S/C45H49F3N10O5/c1-27-20-53(21-28-23-56(24-28)32-4-6-35-36(16-32)44(63)58(43(35)62)38-7-9-40(59)52-42(38)61)14-15-55(27)22-29-25-57(26-29)34-5-8-39(50-19-34)51-41(60)30-10-12-54(13-11-30)33-3-2-31(18-49)37(17-33)45(46,47)48/h2-6,8,16-17,19,27-30,38H,7,9-15,20-26H2,1H3,(H,50,51,60)(H,52,59,61)/t27-,38?/m1/s1. The molecule has 9 rings (SSSR count). The lowest BCUT2D eigenvalue weighted by Crippen LogP contribution is -2.59. The molecule has 0 aliphatic carbocycles. The van der Waals surface area contributed by atoms with Crippen LogP contribution in [0.1, 0.15) is 64.4 Å². The number of piperazine rings is 1. The minimum atomic E-state index is -4.63. The maximum absolute atomic E-state index is 13.5. The minimum Gasteiger partial charge on any atom is -0.371 e. The molecule has 0 radical (unpaired) electrons. The SMILES string of the molecule is C[C@@H]1CN(CC2CN(c3ccc4c(c3)C(=O)N(C3CCC(=O)NC3=O)C4=O)C2)CCN1CC1CN(c2ccc(NC(=O)C3CCN(c4ccc(C#N)c(C(F)(F)F)c4)CC3)nc2)C1. The fraction of sp³-hybridized carbons (Fsp3) is 0.489. The third kappa shape index (κ3) is 8.55. The number of nitrogens with zero attached hydrogens (tertiary/aromatic N) is 8. The van der Waals surface area contributed by atoms with Gasteiger partial charge in [0, 0.05) is 114 Å². The van der Waals surface area contributed by atoms with Crippen LogP contribution in [0.3, 0.4) is 0 Å². The van der Waals surface area contributed by atoms with E-state index in [1.165, 1.54) is 12.1 Å². The highest BCUT2D eigenvalue weighted by Crippen LogP contribution is 2.37. The summed E-state index contributed by atoms with van der Waals surface area (Å²) < 4.78 is 40.4. The normalized spacial score (nSPS) is 23.0. The van der Waals surface area contributed by atoms with E-state index in [4.69, 9.17) is 5.26 Å². The summed E-state index contributed by atoms with van der Waals surface area (Å²) >= 11 is 0. The molecule has 0 spiro atoms. The van der Waals surface area contributed by atoms with Gasteiger partial charge in [-0.15, -0.1) is 0 Å². The van der Waals surface area contributed by atoms with Crippen molar-refractivity contribution >= 4 is 52.4 Å². The first-order valence-corrected chi connectivity index (χ1v) is 21.7. The number of imide groups is 2. The Morgan fingerprint density at radius 3 is 2.14 bits per heavy atom. The summed E-state index contributed by atoms with van der Waals surface area (Å²) in [5.41, 5.74) is 1.50. The summed E-state index contributed by atoms with van der Waals surface area (Å²) in [6.07, 6.45) is -1.66. The Morgan fingerprint density at radius 1 is 0.810 bits per heavy atom. The number of alkyl halides is 3. The Hall–Kier alpha value is -6.06. The fourth-order valence-corrected chi connectivity index (χ4v) is 9.99. The number of benzene rings is 2. The van der Waals surface area contributed by atoms with Crippen LogP contribution < -0.4 is 25.3 Å². The topological polar surface area (TPSA) is 166 Å². The number of carbonyl (C=O) groups is 5. The quantitative estimate of drug-likeness (QED) is 0.284. The van der Waals surface area contributed by atoms with Gasteiger partial charge in [-0.25, -0.2) is 4.98 Å². The second-order valence-electron chi connectivity index (χ2n) is 17.8. The molecule has 1 aromatic heterocycles. The average molecular weight is 867 g/mol. The number of hydrogen-bond acceptors (Lipinski definition) is 12. The number of pyridine rings is 1. The van der Waals surface area contributed by atoms with Crippen LogP contribution in [0.2, 0.25) is 0 Å². The molecule has 0 saturated carbocycles. The van der Waals surface area contributed by atoms with Gasteiger partial charge in [0.15, 0.2) is 0 Å². The van der Waals surface area contributed by atoms with Gasteiger partial charge >= 0.3 is 6.18 Å². The van der Waals surface area contributed by atoms with Crippen LogP contribution in [-0.4, -0.2) is 133 Å². The Bertz CT molecular complexity index is 2350. The number of halogens is 3. The number of piperidine rings is 2. The van der Waals surface area contributed by atoms with Crippen LogP contribution in [0, 0.1) is 29.1 Å². The maximum Gasteiger partial charge on any atom is 0.417 e. The van der Waals surface area contributed by atoms with E-state index in [9.17, 15) is 37.1 Å². The summed E-state index contributed by atoms with van der Waals surface area (Å²) in [5.74, 6) is -0.959. The van der Waals surface area contributed by atoms with E-state index in [0.29, 0.717) is 60.9 Å². The van der Waals surface area contributed by atoms with Crippen molar-refractivity contribution in [2.75, 3.05) is 92.0 Å². The van der Waals surface area contributed by atoms with Crippen molar-refractivity contribution in [1.82, 2.24) is 25.0 Å². The number of hydrogen-bond donors (Lipinski definition) is 2. The van der Waals surface area contributed by atoms with Crippen molar-refractivity contribution in [2.45, 2.75) is 50.9 Å². The molecule has 3 aromatic rings. The molecule has 15 nitrogen and oxygen atoms in total. The molecule has 0 bridgehead atoms. The number of fused-ring (bicyclic) bond motifs is 1. The number of anilines is 4. The number of rotatable bonds is 10. The summed E-state index contributed by atoms with van der Waals surface area (Å²) in [5, 5.41) is 14.2. The van der Waals surface area contributed by atoms with Gasteiger partial charge in [0.1, 0.15) is 11.9 Å². The zero-order chi connectivity index (χ0) is 44.2. The number of nitriles is 1. The molecule has 5 fully saturated rings. The van der Waals surface area contributed by atoms with Gasteiger partial charge in [0.05, 0.1) is 40.2 Å². The Morgan fingerprint density at radius 2 is 1.48 bits per heavy atom. The monoisotopic (exact) mass is 866 g/mol. The second-order valence-corrected chi connectivity index (χ2v) is 17.8. The van der Waals surface area contributed by atoms with E-state index < -0.39 is 47.0 Å². The zero-order valence-electron chi connectivity index (χ0n) is 34.9. The molecule has 330 valence electrons. The third-order valence-electron chi connectivity index (χ3n) is 13.6. The van der Waals surface area contributed by atoms with Crippen LogP contribution in [0.15, 0.2) is 54.7 Å². The van der Waals surface area contributed by atoms with Crippen LogP contribution in [0.4, 0.5) is 36.1 Å². The molecular formula is C45H49F3N10O5. The Kier molecular flexibility index (Phi) is 11.3. The molecular weight excluding hydrogens is 818 g/mol. The molecule has 5 saturated heterocycles. The van der Waals surface area contributed by atoms with E-state index in [0.717, 1.165) is 81.2 Å². The average Bonchev–Trinajstić information content (AvgIpc) is 3.48. The van der Waals surface area contributed by atoms with Crippen molar-refractivity contribution in [2.24, 2.45) is 17.8 Å². The van der Waals surface area contributed by atoms with Crippen molar-refractivity contribution in [3.8, 4) is 6.07 Å². The van der Waals surface area contributed by atoms with Gasteiger partial charge in [0.2, 0.25) is 17.7 Å². The predicted molar refractivity (Wildman–Crippen MR) is 226 cm³/mol. The zero-order valence-corrected chi connectivity index (χ0v) is 34.9. The number of amides is 5.